The number of hydrogen-bond donors (Lipinski definition) is 2. The van der Waals surface area contributed by atoms with Crippen molar-refractivity contribution in [2.75, 3.05) is 12.4 Å². The standard InChI is InChI=1S/C17H19N3O/c1-18-13-9-10-16(19-11-13)17(21)20-15-8-4-6-12-5-2-3-7-14(12)15/h2-3,5,7,9-11,15,18H,4,6,8H2,1H3,(H,20,21). The zero-order valence-corrected chi connectivity index (χ0v) is 12.1. The quantitative estimate of drug-likeness (QED) is 0.909. The van der Waals surface area contributed by atoms with Gasteiger partial charge in [-0.2, -0.15) is 0 Å². The van der Waals surface area contributed by atoms with E-state index in [2.05, 4.69) is 33.8 Å². The van der Waals surface area contributed by atoms with Crippen molar-refractivity contribution in [3.63, 3.8) is 0 Å². The van der Waals surface area contributed by atoms with Gasteiger partial charge in [0.1, 0.15) is 5.69 Å². The molecule has 0 saturated carbocycles. The Morgan fingerprint density at radius 2 is 2.10 bits per heavy atom. The number of anilines is 1. The predicted octanol–water partition coefficient (Wildman–Crippen LogP) is 2.93. The van der Waals surface area contributed by atoms with Gasteiger partial charge in [0.2, 0.25) is 0 Å². The summed E-state index contributed by atoms with van der Waals surface area (Å²) in [5.41, 5.74) is 3.93. The van der Waals surface area contributed by atoms with Crippen LogP contribution < -0.4 is 10.6 Å². The Bertz CT molecular complexity index is 637. The van der Waals surface area contributed by atoms with Crippen LogP contribution in [0.1, 0.15) is 40.5 Å². The number of carbonyl (C=O) groups is 1. The molecule has 0 radical (unpaired) electrons. The van der Waals surface area contributed by atoms with E-state index in [4.69, 9.17) is 0 Å². The number of pyridine rings is 1. The number of aryl methyl sites for hydroxylation is 1. The third-order valence-corrected chi connectivity index (χ3v) is 3.96. The highest BCUT2D eigenvalue weighted by Crippen LogP contribution is 2.29. The molecule has 4 heteroatoms. The van der Waals surface area contributed by atoms with E-state index in [9.17, 15) is 4.79 Å². The molecule has 0 spiro atoms. The van der Waals surface area contributed by atoms with Crippen LogP contribution in [-0.4, -0.2) is 17.9 Å². The molecule has 1 unspecified atom stereocenters. The fourth-order valence-electron chi connectivity index (χ4n) is 2.81. The molecule has 0 aliphatic heterocycles. The van der Waals surface area contributed by atoms with Crippen molar-refractivity contribution in [1.82, 2.24) is 10.3 Å². The van der Waals surface area contributed by atoms with Gasteiger partial charge in [-0.15, -0.1) is 0 Å². The zero-order valence-electron chi connectivity index (χ0n) is 12.1. The molecule has 1 atom stereocenters. The fourth-order valence-corrected chi connectivity index (χ4v) is 2.81. The number of amides is 1. The molecule has 1 heterocycles. The normalized spacial score (nSPS) is 16.9. The first-order chi connectivity index (χ1) is 10.3. The number of fused-ring (bicyclic) bond motifs is 1. The molecule has 1 aromatic heterocycles. The molecule has 4 nitrogen and oxygen atoms in total. The molecule has 2 N–H and O–H groups in total. The topological polar surface area (TPSA) is 54.0 Å². The lowest BCUT2D eigenvalue weighted by atomic mass is 9.87. The summed E-state index contributed by atoms with van der Waals surface area (Å²) >= 11 is 0. The smallest absolute Gasteiger partial charge is 0.270 e. The number of nitrogens with one attached hydrogen (secondary N) is 2. The highest BCUT2D eigenvalue weighted by atomic mass is 16.1. The molecule has 3 rings (SSSR count). The lowest BCUT2D eigenvalue weighted by Gasteiger charge is -2.26. The average Bonchev–Trinajstić information content (AvgIpc) is 2.55. The van der Waals surface area contributed by atoms with E-state index >= 15 is 0 Å². The van der Waals surface area contributed by atoms with E-state index in [0.717, 1.165) is 24.9 Å². The molecule has 1 aliphatic carbocycles. The summed E-state index contributed by atoms with van der Waals surface area (Å²) in [6.07, 6.45) is 4.85. The van der Waals surface area contributed by atoms with E-state index in [1.807, 2.05) is 19.2 Å². The molecule has 1 aromatic carbocycles. The van der Waals surface area contributed by atoms with Crippen molar-refractivity contribution >= 4 is 11.6 Å². The van der Waals surface area contributed by atoms with Crippen LogP contribution in [-0.2, 0) is 6.42 Å². The Balaban J connectivity index is 1.76. The highest BCUT2D eigenvalue weighted by Gasteiger charge is 2.22. The Labute approximate surface area is 124 Å². The molecular formula is C17H19N3O. The lowest BCUT2D eigenvalue weighted by Crippen LogP contribution is -2.31. The van der Waals surface area contributed by atoms with Crippen LogP contribution in [0.25, 0.3) is 0 Å². The summed E-state index contributed by atoms with van der Waals surface area (Å²) < 4.78 is 0. The molecule has 0 saturated heterocycles. The second-order valence-electron chi connectivity index (χ2n) is 5.30. The minimum absolute atomic E-state index is 0.0910. The van der Waals surface area contributed by atoms with Gasteiger partial charge < -0.3 is 10.6 Å². The zero-order chi connectivity index (χ0) is 14.7. The monoisotopic (exact) mass is 281 g/mol. The van der Waals surface area contributed by atoms with Crippen LogP contribution in [0.3, 0.4) is 0 Å². The molecule has 0 bridgehead atoms. The molecule has 108 valence electrons. The van der Waals surface area contributed by atoms with Crippen LogP contribution in [0.15, 0.2) is 42.6 Å². The van der Waals surface area contributed by atoms with E-state index in [-0.39, 0.29) is 11.9 Å². The van der Waals surface area contributed by atoms with Gasteiger partial charge in [0.05, 0.1) is 17.9 Å². The van der Waals surface area contributed by atoms with E-state index in [1.165, 1.54) is 11.1 Å². The SMILES string of the molecule is CNc1ccc(C(=O)NC2CCCc3ccccc32)nc1. The number of hydrogen-bond acceptors (Lipinski definition) is 3. The van der Waals surface area contributed by atoms with Crippen molar-refractivity contribution < 1.29 is 4.79 Å². The van der Waals surface area contributed by atoms with Crippen molar-refractivity contribution in [1.29, 1.82) is 0 Å². The Morgan fingerprint density at radius 3 is 2.86 bits per heavy atom. The Kier molecular flexibility index (Phi) is 3.86. The Hall–Kier alpha value is -2.36. The predicted molar refractivity (Wildman–Crippen MR) is 83.4 cm³/mol. The largest absolute Gasteiger partial charge is 0.387 e. The maximum absolute atomic E-state index is 12.3. The first kappa shape index (κ1) is 13.6. The summed E-state index contributed by atoms with van der Waals surface area (Å²) in [4.78, 5) is 16.5. The molecule has 2 aromatic rings. The number of aromatic nitrogens is 1. The molecule has 1 amide bonds. The van der Waals surface area contributed by atoms with Gasteiger partial charge in [0.15, 0.2) is 0 Å². The summed E-state index contributed by atoms with van der Waals surface area (Å²) in [7, 11) is 1.83. The van der Waals surface area contributed by atoms with E-state index < -0.39 is 0 Å². The second-order valence-corrected chi connectivity index (χ2v) is 5.30. The van der Waals surface area contributed by atoms with Gasteiger partial charge in [-0.05, 0) is 42.5 Å². The van der Waals surface area contributed by atoms with E-state index in [0.29, 0.717) is 5.69 Å². The van der Waals surface area contributed by atoms with Gasteiger partial charge in [-0.3, -0.25) is 4.79 Å². The van der Waals surface area contributed by atoms with Gasteiger partial charge >= 0.3 is 0 Å². The first-order valence-corrected chi connectivity index (χ1v) is 7.30. The van der Waals surface area contributed by atoms with Crippen LogP contribution in [0, 0.1) is 0 Å². The van der Waals surface area contributed by atoms with Gasteiger partial charge in [-0.1, -0.05) is 24.3 Å². The van der Waals surface area contributed by atoms with Crippen molar-refractivity contribution in [2.24, 2.45) is 0 Å². The molecule has 21 heavy (non-hydrogen) atoms. The fraction of sp³-hybridized carbons (Fsp3) is 0.294. The Morgan fingerprint density at radius 1 is 1.24 bits per heavy atom. The lowest BCUT2D eigenvalue weighted by molar-refractivity contribution is 0.0927. The van der Waals surface area contributed by atoms with Crippen LogP contribution in [0.2, 0.25) is 0 Å². The summed E-state index contributed by atoms with van der Waals surface area (Å²) in [6.45, 7) is 0. The van der Waals surface area contributed by atoms with Crippen molar-refractivity contribution in [3.8, 4) is 0 Å². The average molecular weight is 281 g/mol. The third-order valence-electron chi connectivity index (χ3n) is 3.96. The number of carbonyl (C=O) groups excluding carboxylic acids is 1. The maximum atomic E-state index is 12.3. The number of nitrogens with zero attached hydrogens (tertiary/aromatic N) is 1. The summed E-state index contributed by atoms with van der Waals surface area (Å²) in [6, 6.07) is 12.0. The van der Waals surface area contributed by atoms with Crippen LogP contribution in [0.4, 0.5) is 5.69 Å². The minimum atomic E-state index is -0.112. The summed E-state index contributed by atoms with van der Waals surface area (Å²) in [5.74, 6) is -0.112. The van der Waals surface area contributed by atoms with E-state index in [1.54, 1.807) is 12.3 Å². The highest BCUT2D eigenvalue weighted by molar-refractivity contribution is 5.92. The van der Waals surface area contributed by atoms with Gasteiger partial charge in [0, 0.05) is 7.05 Å². The van der Waals surface area contributed by atoms with Gasteiger partial charge in [0.25, 0.3) is 5.91 Å². The van der Waals surface area contributed by atoms with Crippen LogP contribution in [0.5, 0.6) is 0 Å². The number of benzene rings is 1. The minimum Gasteiger partial charge on any atom is -0.387 e. The molecule has 0 fully saturated rings. The molecular weight excluding hydrogens is 262 g/mol. The van der Waals surface area contributed by atoms with Crippen molar-refractivity contribution in [2.45, 2.75) is 25.3 Å². The van der Waals surface area contributed by atoms with Crippen LogP contribution >= 0.6 is 0 Å². The third kappa shape index (κ3) is 2.89. The van der Waals surface area contributed by atoms with Crippen molar-refractivity contribution in [3.05, 3.63) is 59.4 Å². The van der Waals surface area contributed by atoms with Gasteiger partial charge in [-0.25, -0.2) is 4.98 Å². The maximum Gasteiger partial charge on any atom is 0.270 e. The second kappa shape index (κ2) is 5.95. The molecule has 1 aliphatic rings. The number of rotatable bonds is 3. The first-order valence-electron chi connectivity index (χ1n) is 7.30. The summed E-state index contributed by atoms with van der Waals surface area (Å²) in [5, 5.41) is 6.10.